The van der Waals surface area contributed by atoms with Crippen molar-refractivity contribution < 1.29 is 38.2 Å². The van der Waals surface area contributed by atoms with E-state index in [0.717, 1.165) is 12.1 Å². The Morgan fingerprint density at radius 3 is 2.22 bits per heavy atom. The minimum atomic E-state index is -1.09. The molecule has 0 atom stereocenters. The first-order valence-corrected chi connectivity index (χ1v) is 9.51. The van der Waals surface area contributed by atoms with E-state index in [1.54, 1.807) is 6.92 Å². The first-order valence-electron chi connectivity index (χ1n) is 9.13. The highest BCUT2D eigenvalue weighted by molar-refractivity contribution is 6.32. The number of nitrogens with one attached hydrogen (secondary N) is 1. The van der Waals surface area contributed by atoms with Crippen LogP contribution in [0, 0.1) is 10.1 Å². The van der Waals surface area contributed by atoms with Crippen molar-refractivity contribution >= 4 is 34.9 Å². The number of nitro groups is 1. The maximum absolute atomic E-state index is 12.5. The number of nitrogens with zero attached hydrogens (tertiary/aromatic N) is 1. The molecule has 2 aromatic carbocycles. The molecule has 0 heterocycles. The van der Waals surface area contributed by atoms with Crippen molar-refractivity contribution in [2.75, 3.05) is 39.9 Å². The van der Waals surface area contributed by atoms with Crippen LogP contribution in [0.3, 0.4) is 0 Å². The van der Waals surface area contributed by atoms with Gasteiger partial charge in [0, 0.05) is 18.2 Å². The van der Waals surface area contributed by atoms with Crippen molar-refractivity contribution in [3.05, 3.63) is 45.0 Å². The van der Waals surface area contributed by atoms with Gasteiger partial charge in [0.2, 0.25) is 0 Å². The fraction of sp³-hybridized carbons (Fsp3) is 0.300. The van der Waals surface area contributed by atoms with Gasteiger partial charge in [0.1, 0.15) is 17.1 Å². The number of carbonyl (C=O) groups excluding carboxylic acids is 2. The summed E-state index contributed by atoms with van der Waals surface area (Å²) >= 11 is 6.02. The molecule has 0 aliphatic carbocycles. The Morgan fingerprint density at radius 2 is 1.66 bits per heavy atom. The van der Waals surface area contributed by atoms with Gasteiger partial charge in [0.15, 0.2) is 18.1 Å². The summed E-state index contributed by atoms with van der Waals surface area (Å²) in [6.07, 6.45) is 0. The molecule has 12 heteroatoms. The van der Waals surface area contributed by atoms with E-state index in [2.05, 4.69) is 5.32 Å². The number of amides is 1. The van der Waals surface area contributed by atoms with Crippen molar-refractivity contribution in [1.29, 1.82) is 0 Å². The lowest BCUT2D eigenvalue weighted by atomic mass is 10.1. The molecule has 0 aliphatic rings. The van der Waals surface area contributed by atoms with E-state index < -0.39 is 34.7 Å². The molecule has 0 spiro atoms. The van der Waals surface area contributed by atoms with E-state index in [1.165, 1.54) is 33.5 Å². The normalized spacial score (nSPS) is 10.2. The van der Waals surface area contributed by atoms with E-state index in [0.29, 0.717) is 0 Å². The van der Waals surface area contributed by atoms with Crippen LogP contribution in [0.2, 0.25) is 5.02 Å². The van der Waals surface area contributed by atoms with Crippen molar-refractivity contribution in [3.63, 3.8) is 0 Å². The average Bonchev–Trinajstić information content (AvgIpc) is 2.78. The van der Waals surface area contributed by atoms with E-state index in [4.69, 9.17) is 35.3 Å². The standard InChI is InChI=1S/C20H21ClN2O9/c1-5-31-18-9-14(23(26)27)11(6-17(18)30-4)20(25)32-10-19(24)22-13-8-15(28-2)12(21)7-16(13)29-3/h6-9H,5,10H2,1-4H3,(H,22,24). The maximum atomic E-state index is 12.5. The predicted molar refractivity (Wildman–Crippen MR) is 114 cm³/mol. The third-order valence-electron chi connectivity index (χ3n) is 4.08. The largest absolute Gasteiger partial charge is 0.495 e. The maximum Gasteiger partial charge on any atom is 0.345 e. The average molecular weight is 469 g/mol. The van der Waals surface area contributed by atoms with Gasteiger partial charge in [-0.15, -0.1) is 0 Å². The molecule has 1 amide bonds. The molecule has 2 rings (SSSR count). The van der Waals surface area contributed by atoms with Crippen LogP contribution in [0.15, 0.2) is 24.3 Å². The van der Waals surface area contributed by atoms with E-state index in [9.17, 15) is 19.7 Å². The molecule has 172 valence electrons. The van der Waals surface area contributed by atoms with E-state index in [1.807, 2.05) is 0 Å². The van der Waals surface area contributed by atoms with Crippen LogP contribution < -0.4 is 24.3 Å². The lowest BCUT2D eigenvalue weighted by molar-refractivity contribution is -0.385. The topological polar surface area (TPSA) is 135 Å². The molecular weight excluding hydrogens is 448 g/mol. The molecule has 0 radical (unpaired) electrons. The minimum absolute atomic E-state index is 0.0970. The fourth-order valence-electron chi connectivity index (χ4n) is 2.64. The molecule has 2 aromatic rings. The number of anilines is 1. The molecule has 32 heavy (non-hydrogen) atoms. The van der Waals surface area contributed by atoms with Gasteiger partial charge in [-0.3, -0.25) is 14.9 Å². The summed E-state index contributed by atoms with van der Waals surface area (Å²) < 4.78 is 25.6. The SMILES string of the molecule is CCOc1cc([N+](=O)[O-])c(C(=O)OCC(=O)Nc2cc(OC)c(Cl)cc2OC)cc1OC. The number of esters is 1. The van der Waals surface area contributed by atoms with Crippen LogP contribution in [-0.2, 0) is 9.53 Å². The number of rotatable bonds is 10. The number of halogens is 1. The molecule has 11 nitrogen and oxygen atoms in total. The first kappa shape index (κ1) is 24.5. The summed E-state index contributed by atoms with van der Waals surface area (Å²) in [7, 11) is 4.10. The number of benzene rings is 2. The van der Waals surface area contributed by atoms with Crippen LogP contribution in [0.4, 0.5) is 11.4 Å². The van der Waals surface area contributed by atoms with Gasteiger partial charge in [0.25, 0.3) is 11.6 Å². The summed E-state index contributed by atoms with van der Waals surface area (Å²) in [4.78, 5) is 35.4. The van der Waals surface area contributed by atoms with Crippen LogP contribution in [0.5, 0.6) is 23.0 Å². The monoisotopic (exact) mass is 468 g/mol. The Bertz CT molecular complexity index is 1030. The Labute approximate surface area is 188 Å². The van der Waals surface area contributed by atoms with Gasteiger partial charge in [0.05, 0.1) is 49.6 Å². The summed E-state index contributed by atoms with van der Waals surface area (Å²) in [5.74, 6) is -1.07. The molecule has 1 N–H and O–H groups in total. The third-order valence-corrected chi connectivity index (χ3v) is 4.38. The Kier molecular flexibility index (Phi) is 8.47. The zero-order valence-electron chi connectivity index (χ0n) is 17.7. The summed E-state index contributed by atoms with van der Waals surface area (Å²) in [5.41, 5.74) is -0.721. The van der Waals surface area contributed by atoms with Gasteiger partial charge in [-0.25, -0.2) is 4.79 Å². The highest BCUT2D eigenvalue weighted by Gasteiger charge is 2.26. The lowest BCUT2D eigenvalue weighted by Crippen LogP contribution is -2.21. The second kappa shape index (κ2) is 11.0. The summed E-state index contributed by atoms with van der Waals surface area (Å²) in [5, 5.41) is 14.2. The van der Waals surface area contributed by atoms with Crippen molar-refractivity contribution in [2.45, 2.75) is 6.92 Å². The summed E-state index contributed by atoms with van der Waals surface area (Å²) in [6.45, 7) is 1.20. The number of carbonyl (C=O) groups is 2. The van der Waals surface area contributed by atoms with Gasteiger partial charge >= 0.3 is 5.97 Å². The van der Waals surface area contributed by atoms with Gasteiger partial charge in [-0.05, 0) is 6.92 Å². The first-order chi connectivity index (χ1) is 15.2. The van der Waals surface area contributed by atoms with E-state index >= 15 is 0 Å². The number of nitro benzene ring substituents is 1. The number of methoxy groups -OCH3 is 3. The predicted octanol–water partition coefficient (Wildman–Crippen LogP) is 3.47. The van der Waals surface area contributed by atoms with Crippen molar-refractivity contribution in [3.8, 4) is 23.0 Å². The molecule has 0 aromatic heterocycles. The number of ether oxygens (including phenoxy) is 5. The molecule has 0 saturated carbocycles. The second-order valence-electron chi connectivity index (χ2n) is 6.02. The molecule has 0 bridgehead atoms. The van der Waals surface area contributed by atoms with Gasteiger partial charge in [-0.2, -0.15) is 0 Å². The van der Waals surface area contributed by atoms with Gasteiger partial charge in [-0.1, -0.05) is 11.6 Å². The Hall–Kier alpha value is -3.73. The van der Waals surface area contributed by atoms with Crippen LogP contribution >= 0.6 is 11.6 Å². The molecule has 0 fully saturated rings. The lowest BCUT2D eigenvalue weighted by Gasteiger charge is -2.14. The van der Waals surface area contributed by atoms with Crippen molar-refractivity contribution in [2.24, 2.45) is 0 Å². The molecule has 0 unspecified atom stereocenters. The summed E-state index contributed by atoms with van der Waals surface area (Å²) in [6, 6.07) is 5.06. The zero-order chi connectivity index (χ0) is 23.8. The van der Waals surface area contributed by atoms with Gasteiger partial charge < -0.3 is 29.0 Å². The Balaban J connectivity index is 2.19. The van der Waals surface area contributed by atoms with Crippen molar-refractivity contribution in [1.82, 2.24) is 0 Å². The highest BCUT2D eigenvalue weighted by atomic mass is 35.5. The smallest absolute Gasteiger partial charge is 0.345 e. The third kappa shape index (κ3) is 5.70. The molecule has 0 aliphatic heterocycles. The number of hydrogen-bond acceptors (Lipinski definition) is 9. The van der Waals surface area contributed by atoms with E-state index in [-0.39, 0.29) is 40.3 Å². The quantitative estimate of drug-likeness (QED) is 0.315. The molecule has 0 saturated heterocycles. The van der Waals surface area contributed by atoms with Crippen LogP contribution in [-0.4, -0.2) is 51.3 Å². The number of hydrogen-bond donors (Lipinski definition) is 1. The molecular formula is C20H21ClN2O9. The Morgan fingerprint density at radius 1 is 1.00 bits per heavy atom. The van der Waals surface area contributed by atoms with Crippen LogP contribution in [0.1, 0.15) is 17.3 Å². The highest BCUT2D eigenvalue weighted by Crippen LogP contribution is 2.36. The minimum Gasteiger partial charge on any atom is -0.495 e. The zero-order valence-corrected chi connectivity index (χ0v) is 18.5. The van der Waals surface area contributed by atoms with Crippen LogP contribution in [0.25, 0.3) is 0 Å². The second-order valence-corrected chi connectivity index (χ2v) is 6.43. The fourth-order valence-corrected chi connectivity index (χ4v) is 2.88.